The fourth-order valence-electron chi connectivity index (χ4n) is 4.55. The van der Waals surface area contributed by atoms with E-state index in [0.717, 1.165) is 6.54 Å². The first-order valence-corrected chi connectivity index (χ1v) is 9.99. The van der Waals surface area contributed by atoms with Crippen molar-refractivity contribution >= 4 is 0 Å². The van der Waals surface area contributed by atoms with E-state index >= 15 is 0 Å². The first-order chi connectivity index (χ1) is 11.9. The fourth-order valence-corrected chi connectivity index (χ4v) is 4.55. The number of fused-ring (bicyclic) bond motifs is 5. The quantitative estimate of drug-likeness (QED) is 0.469. The molecule has 1 aromatic carbocycles. The van der Waals surface area contributed by atoms with Gasteiger partial charge in [0.1, 0.15) is 12.2 Å². The predicted octanol–water partition coefficient (Wildman–Crippen LogP) is 4.30. The minimum atomic E-state index is 0.992. The fraction of sp³-hybridized carbons (Fsp3) is 0.619. The minimum absolute atomic E-state index is 0.992. The molecule has 0 spiro atoms. The van der Waals surface area contributed by atoms with Crippen LogP contribution in [0, 0.1) is 0 Å². The van der Waals surface area contributed by atoms with E-state index < -0.39 is 0 Å². The number of aromatic nitrogens is 3. The van der Waals surface area contributed by atoms with Gasteiger partial charge in [0.15, 0.2) is 6.20 Å². The van der Waals surface area contributed by atoms with Crippen LogP contribution in [0.15, 0.2) is 18.5 Å². The zero-order chi connectivity index (χ0) is 16.4. The molecular formula is C21H30N3+. The standard InChI is InChI=1S/C21H30N3/c1-2-3-4-5-6-7-10-17-15-18-16-23-14-13-22-24(23)21(18)20-12-9-8-11-19(17)20/h13-15H,2-12,16H2,1H3/q+1. The average molecular weight is 324 g/mol. The Labute approximate surface area is 145 Å². The van der Waals surface area contributed by atoms with Gasteiger partial charge in [-0.2, -0.15) is 4.68 Å². The summed E-state index contributed by atoms with van der Waals surface area (Å²) >= 11 is 0. The zero-order valence-electron chi connectivity index (χ0n) is 15.1. The van der Waals surface area contributed by atoms with Gasteiger partial charge in [0.2, 0.25) is 6.20 Å². The number of hydrogen-bond donors (Lipinski definition) is 0. The summed E-state index contributed by atoms with van der Waals surface area (Å²) < 4.78 is 2.24. The van der Waals surface area contributed by atoms with E-state index in [4.69, 9.17) is 0 Å². The lowest BCUT2D eigenvalue weighted by Crippen LogP contribution is -2.37. The number of unbranched alkanes of at least 4 members (excludes halogenated alkanes) is 5. The summed E-state index contributed by atoms with van der Waals surface area (Å²) in [5.41, 5.74) is 7.81. The van der Waals surface area contributed by atoms with Crippen LogP contribution in [0.3, 0.4) is 0 Å². The molecule has 1 aliphatic carbocycles. The SMILES string of the molecule is CCCCCCCCc1cc2c(c3c1CCCC3)-n1ncc[n+]1C2. The zero-order valence-corrected chi connectivity index (χ0v) is 15.1. The smallest absolute Gasteiger partial charge is 0.151 e. The number of aryl methyl sites for hydroxylation is 1. The maximum atomic E-state index is 4.56. The lowest BCUT2D eigenvalue weighted by atomic mass is 9.84. The molecule has 128 valence electrons. The Morgan fingerprint density at radius 1 is 1.04 bits per heavy atom. The molecule has 0 amide bonds. The van der Waals surface area contributed by atoms with Gasteiger partial charge in [-0.15, -0.1) is 0 Å². The van der Waals surface area contributed by atoms with Crippen molar-refractivity contribution in [1.29, 1.82) is 0 Å². The Kier molecular flexibility index (Phi) is 4.68. The van der Waals surface area contributed by atoms with Crippen molar-refractivity contribution in [1.82, 2.24) is 9.90 Å². The van der Waals surface area contributed by atoms with Gasteiger partial charge in [-0.3, -0.25) is 0 Å². The van der Waals surface area contributed by atoms with E-state index in [0.29, 0.717) is 0 Å². The molecule has 0 bridgehead atoms. The third kappa shape index (κ3) is 2.89. The molecule has 24 heavy (non-hydrogen) atoms. The minimum Gasteiger partial charge on any atom is -0.151 e. The maximum Gasteiger partial charge on any atom is 0.206 e. The van der Waals surface area contributed by atoms with Crippen LogP contribution in [-0.2, 0) is 25.8 Å². The third-order valence-electron chi connectivity index (χ3n) is 5.78. The van der Waals surface area contributed by atoms with E-state index in [1.165, 1.54) is 81.9 Å². The largest absolute Gasteiger partial charge is 0.206 e. The second-order valence-electron chi connectivity index (χ2n) is 7.53. The van der Waals surface area contributed by atoms with Gasteiger partial charge in [0, 0.05) is 10.7 Å². The molecule has 0 fully saturated rings. The number of hydrogen-bond acceptors (Lipinski definition) is 1. The summed E-state index contributed by atoms with van der Waals surface area (Å²) in [5.74, 6) is 0. The first kappa shape index (κ1) is 15.9. The molecule has 3 nitrogen and oxygen atoms in total. The highest BCUT2D eigenvalue weighted by molar-refractivity contribution is 5.55. The molecule has 0 radical (unpaired) electrons. The van der Waals surface area contributed by atoms with Gasteiger partial charge in [-0.1, -0.05) is 39.0 Å². The lowest BCUT2D eigenvalue weighted by molar-refractivity contribution is -0.755. The van der Waals surface area contributed by atoms with Crippen molar-refractivity contribution in [3.05, 3.63) is 40.7 Å². The third-order valence-corrected chi connectivity index (χ3v) is 5.78. The molecule has 2 aromatic rings. The molecule has 0 atom stereocenters. The number of benzene rings is 1. The van der Waals surface area contributed by atoms with Gasteiger partial charge in [-0.05, 0) is 66.1 Å². The van der Waals surface area contributed by atoms with Crippen molar-refractivity contribution in [2.24, 2.45) is 0 Å². The highest BCUT2D eigenvalue weighted by atomic mass is 15.6. The molecule has 0 N–H and O–H groups in total. The van der Waals surface area contributed by atoms with Crippen LogP contribution < -0.4 is 4.68 Å². The molecule has 2 aliphatic rings. The van der Waals surface area contributed by atoms with Gasteiger partial charge in [0.25, 0.3) is 0 Å². The van der Waals surface area contributed by atoms with Gasteiger partial charge in [0.05, 0.1) is 0 Å². The van der Waals surface area contributed by atoms with Crippen molar-refractivity contribution < 1.29 is 4.68 Å². The molecule has 0 unspecified atom stereocenters. The predicted molar refractivity (Wildman–Crippen MR) is 96.6 cm³/mol. The Morgan fingerprint density at radius 3 is 2.71 bits per heavy atom. The highest BCUT2D eigenvalue weighted by Gasteiger charge is 2.31. The second-order valence-corrected chi connectivity index (χ2v) is 7.53. The van der Waals surface area contributed by atoms with E-state index in [1.807, 2.05) is 6.20 Å². The Bertz CT molecular complexity index is 714. The molecule has 3 heteroatoms. The van der Waals surface area contributed by atoms with Crippen LogP contribution in [-0.4, -0.2) is 9.90 Å². The van der Waals surface area contributed by atoms with Crippen LogP contribution in [0.2, 0.25) is 0 Å². The summed E-state index contributed by atoms with van der Waals surface area (Å²) in [5, 5.41) is 4.56. The molecule has 1 aliphatic heterocycles. The normalized spacial score (nSPS) is 15.2. The Balaban J connectivity index is 1.54. The topological polar surface area (TPSA) is 21.7 Å². The van der Waals surface area contributed by atoms with E-state index in [1.54, 1.807) is 16.7 Å². The Hall–Kier alpha value is -1.64. The summed E-state index contributed by atoms with van der Waals surface area (Å²) in [6, 6.07) is 2.51. The summed E-state index contributed by atoms with van der Waals surface area (Å²) in [4.78, 5) is 2.13. The first-order valence-electron chi connectivity index (χ1n) is 9.99. The van der Waals surface area contributed by atoms with Crippen LogP contribution in [0.5, 0.6) is 0 Å². The van der Waals surface area contributed by atoms with Crippen molar-refractivity contribution in [2.45, 2.75) is 84.1 Å². The average Bonchev–Trinajstić information content (AvgIpc) is 3.18. The van der Waals surface area contributed by atoms with Crippen molar-refractivity contribution in [3.63, 3.8) is 0 Å². The van der Waals surface area contributed by atoms with Gasteiger partial charge < -0.3 is 0 Å². The number of nitrogens with zero attached hydrogens (tertiary/aromatic N) is 3. The molecule has 4 rings (SSSR count). The molecule has 1 aromatic heterocycles. The number of rotatable bonds is 7. The van der Waals surface area contributed by atoms with Crippen LogP contribution in [0.1, 0.15) is 80.5 Å². The molecular weight excluding hydrogens is 294 g/mol. The molecule has 0 saturated carbocycles. The van der Waals surface area contributed by atoms with E-state index in [9.17, 15) is 0 Å². The lowest BCUT2D eigenvalue weighted by Gasteiger charge is -2.21. The van der Waals surface area contributed by atoms with Crippen LogP contribution >= 0.6 is 0 Å². The molecule has 0 saturated heterocycles. The van der Waals surface area contributed by atoms with Gasteiger partial charge >= 0.3 is 0 Å². The maximum absolute atomic E-state index is 4.56. The highest BCUT2D eigenvalue weighted by Crippen LogP contribution is 2.34. The molecule has 2 heterocycles. The summed E-state index contributed by atoms with van der Waals surface area (Å²) in [6.45, 7) is 3.28. The van der Waals surface area contributed by atoms with E-state index in [-0.39, 0.29) is 0 Å². The monoisotopic (exact) mass is 324 g/mol. The second kappa shape index (κ2) is 7.08. The van der Waals surface area contributed by atoms with Gasteiger partial charge in [-0.25, -0.2) is 0 Å². The summed E-state index contributed by atoms with van der Waals surface area (Å²) in [6.07, 6.45) is 18.8. The Morgan fingerprint density at radius 2 is 1.83 bits per heavy atom. The van der Waals surface area contributed by atoms with E-state index in [2.05, 4.69) is 33.8 Å². The van der Waals surface area contributed by atoms with Crippen LogP contribution in [0.25, 0.3) is 5.69 Å². The van der Waals surface area contributed by atoms with Crippen LogP contribution in [0.4, 0.5) is 0 Å². The van der Waals surface area contributed by atoms with Crippen molar-refractivity contribution in [2.75, 3.05) is 0 Å². The van der Waals surface area contributed by atoms with Crippen molar-refractivity contribution in [3.8, 4) is 5.69 Å². The summed E-state index contributed by atoms with van der Waals surface area (Å²) in [7, 11) is 0.